The number of nitrogens with one attached hydrogen (secondary N) is 2. The first-order valence-corrected chi connectivity index (χ1v) is 8.93. The Kier molecular flexibility index (Phi) is 6.39. The van der Waals surface area contributed by atoms with Crippen molar-refractivity contribution in [3.63, 3.8) is 0 Å². The summed E-state index contributed by atoms with van der Waals surface area (Å²) in [5.41, 5.74) is 2.43. The van der Waals surface area contributed by atoms with E-state index in [9.17, 15) is 22.8 Å². The molecule has 9 nitrogen and oxygen atoms in total. The molecule has 3 rings (SSSR count). The molecule has 2 N–H and O–H groups in total. The third kappa shape index (κ3) is 5.28. The second kappa shape index (κ2) is 9.00. The molecule has 3 aromatic rings. The average Bonchev–Trinajstić information content (AvgIpc) is 3.20. The first-order valence-electron chi connectivity index (χ1n) is 8.56. The molecule has 0 aliphatic rings. The van der Waals surface area contributed by atoms with Crippen LogP contribution < -0.4 is 15.6 Å². The Morgan fingerprint density at radius 1 is 1.10 bits per heavy atom. The number of benzene rings is 1. The van der Waals surface area contributed by atoms with E-state index in [1.165, 1.54) is 19.2 Å². The fourth-order valence-electron chi connectivity index (χ4n) is 2.52. The highest BCUT2D eigenvalue weighted by molar-refractivity contribution is 6.30. The number of aromatic nitrogens is 4. The van der Waals surface area contributed by atoms with E-state index in [1.807, 2.05) is 5.43 Å². The molecule has 0 spiro atoms. The van der Waals surface area contributed by atoms with Crippen LogP contribution in [0.5, 0.6) is 5.88 Å². The van der Waals surface area contributed by atoms with Gasteiger partial charge in [-0.25, -0.2) is 4.68 Å². The van der Waals surface area contributed by atoms with Gasteiger partial charge in [0.1, 0.15) is 0 Å². The van der Waals surface area contributed by atoms with E-state index in [2.05, 4.69) is 20.7 Å². The number of carbonyl (C=O) groups is 2. The molecule has 0 radical (unpaired) electrons. The molecule has 2 amide bonds. The highest BCUT2D eigenvalue weighted by Gasteiger charge is 2.41. The number of methoxy groups -OCH3 is 1. The Hall–Kier alpha value is -3.67. The number of hydrogen-bond donors (Lipinski definition) is 2. The second-order valence-electron chi connectivity index (χ2n) is 6.06. The predicted molar refractivity (Wildman–Crippen MR) is 101 cm³/mol. The molecule has 2 aromatic heterocycles. The van der Waals surface area contributed by atoms with Crippen molar-refractivity contribution in [3.05, 3.63) is 64.4 Å². The normalized spacial score (nSPS) is 11.1. The zero-order valence-electron chi connectivity index (χ0n) is 15.8. The molecule has 0 saturated heterocycles. The maximum atomic E-state index is 13.6. The maximum Gasteiger partial charge on any atom is 0.434 e. The number of rotatable bonds is 5. The summed E-state index contributed by atoms with van der Waals surface area (Å²) in [7, 11) is 1.32. The van der Waals surface area contributed by atoms with Crippen LogP contribution in [0, 0.1) is 0 Å². The van der Waals surface area contributed by atoms with Crippen molar-refractivity contribution >= 4 is 23.4 Å². The van der Waals surface area contributed by atoms with Gasteiger partial charge in [0.05, 0.1) is 25.3 Å². The molecule has 0 fully saturated rings. The lowest BCUT2D eigenvalue weighted by Gasteiger charge is -2.12. The summed E-state index contributed by atoms with van der Waals surface area (Å²) >= 11 is 5.76. The van der Waals surface area contributed by atoms with Gasteiger partial charge in [0.2, 0.25) is 11.8 Å². The number of amides is 2. The zero-order chi connectivity index (χ0) is 22.6. The van der Waals surface area contributed by atoms with Crippen LogP contribution in [0.25, 0.3) is 5.82 Å². The van der Waals surface area contributed by atoms with Crippen molar-refractivity contribution in [3.8, 4) is 11.7 Å². The summed E-state index contributed by atoms with van der Waals surface area (Å²) in [6.45, 7) is 0. The first kappa shape index (κ1) is 22.0. The van der Waals surface area contributed by atoms with E-state index in [4.69, 9.17) is 16.3 Å². The van der Waals surface area contributed by atoms with Gasteiger partial charge in [0.25, 0.3) is 5.91 Å². The van der Waals surface area contributed by atoms with Crippen LogP contribution in [0.1, 0.15) is 21.6 Å². The molecule has 162 valence electrons. The highest BCUT2D eigenvalue weighted by atomic mass is 35.5. The number of ether oxygens (including phenoxy) is 1. The quantitative estimate of drug-likeness (QED) is 0.572. The van der Waals surface area contributed by atoms with Gasteiger partial charge in [0, 0.05) is 11.1 Å². The summed E-state index contributed by atoms with van der Waals surface area (Å²) in [5, 5.41) is 11.3. The van der Waals surface area contributed by atoms with Gasteiger partial charge in [-0.3, -0.25) is 20.4 Å². The summed E-state index contributed by atoms with van der Waals surface area (Å²) in [6.07, 6.45) is -4.35. The third-order valence-corrected chi connectivity index (χ3v) is 4.18. The summed E-state index contributed by atoms with van der Waals surface area (Å²) in [4.78, 5) is 24.3. The van der Waals surface area contributed by atoms with Crippen LogP contribution in [0.3, 0.4) is 0 Å². The Morgan fingerprint density at radius 3 is 2.39 bits per heavy atom. The van der Waals surface area contributed by atoms with Crippen molar-refractivity contribution in [2.45, 2.75) is 12.6 Å². The Bertz CT molecular complexity index is 1080. The standard InChI is InChI=1S/C18H14ClF3N6O3/c1-31-15-7-6-13(24-26-15)28-16(18(20,21)22)12(9-23-28)17(30)27-25-14(29)8-10-2-4-11(19)5-3-10/h2-7,9H,8H2,1H3,(H,25,29)(H,27,30). The highest BCUT2D eigenvalue weighted by Crippen LogP contribution is 2.33. The van der Waals surface area contributed by atoms with Crippen molar-refractivity contribution in [2.24, 2.45) is 0 Å². The molecule has 13 heteroatoms. The topological polar surface area (TPSA) is 111 Å². The molecule has 0 aliphatic carbocycles. The Morgan fingerprint density at radius 2 is 1.81 bits per heavy atom. The number of hydrogen-bond acceptors (Lipinski definition) is 6. The van der Waals surface area contributed by atoms with E-state index in [0.29, 0.717) is 15.3 Å². The molecule has 0 saturated carbocycles. The van der Waals surface area contributed by atoms with Gasteiger partial charge in [0.15, 0.2) is 11.5 Å². The van der Waals surface area contributed by atoms with Crippen LogP contribution in [-0.2, 0) is 17.4 Å². The predicted octanol–water partition coefficient (Wildman–Crippen LogP) is 2.35. The molecule has 1 aromatic carbocycles. The van der Waals surface area contributed by atoms with E-state index < -0.39 is 29.2 Å². The molecular weight excluding hydrogens is 441 g/mol. The summed E-state index contributed by atoms with van der Waals surface area (Å²) in [6, 6.07) is 8.85. The Labute approximate surface area is 178 Å². The third-order valence-electron chi connectivity index (χ3n) is 3.93. The lowest BCUT2D eigenvalue weighted by Crippen LogP contribution is -2.42. The van der Waals surface area contributed by atoms with Crippen molar-refractivity contribution in [2.75, 3.05) is 7.11 Å². The zero-order valence-corrected chi connectivity index (χ0v) is 16.5. The molecule has 31 heavy (non-hydrogen) atoms. The van der Waals surface area contributed by atoms with Gasteiger partial charge < -0.3 is 4.74 Å². The summed E-state index contributed by atoms with van der Waals surface area (Å²) in [5.74, 6) is -2.04. The molecule has 0 aliphatic heterocycles. The number of carbonyl (C=O) groups excluding carboxylic acids is 2. The van der Waals surface area contributed by atoms with E-state index in [-0.39, 0.29) is 18.1 Å². The van der Waals surface area contributed by atoms with Crippen LogP contribution in [0.2, 0.25) is 5.02 Å². The lowest BCUT2D eigenvalue weighted by molar-refractivity contribution is -0.143. The van der Waals surface area contributed by atoms with Gasteiger partial charge in [-0.1, -0.05) is 23.7 Å². The van der Waals surface area contributed by atoms with Crippen LogP contribution >= 0.6 is 11.6 Å². The largest absolute Gasteiger partial charge is 0.480 e. The fourth-order valence-corrected chi connectivity index (χ4v) is 2.65. The first-order chi connectivity index (χ1) is 14.7. The minimum atomic E-state index is -4.95. The number of halogens is 4. The van der Waals surface area contributed by atoms with Gasteiger partial charge >= 0.3 is 6.18 Å². The number of nitrogens with zero attached hydrogens (tertiary/aromatic N) is 4. The number of alkyl halides is 3. The molecule has 2 heterocycles. The smallest absolute Gasteiger partial charge is 0.434 e. The van der Waals surface area contributed by atoms with Crippen LogP contribution in [0.15, 0.2) is 42.6 Å². The molecule has 0 bridgehead atoms. The monoisotopic (exact) mass is 454 g/mol. The van der Waals surface area contributed by atoms with Crippen LogP contribution in [0.4, 0.5) is 13.2 Å². The lowest BCUT2D eigenvalue weighted by atomic mass is 10.1. The molecule has 0 unspecified atom stereocenters. The van der Waals surface area contributed by atoms with Crippen LogP contribution in [-0.4, -0.2) is 38.9 Å². The SMILES string of the molecule is COc1ccc(-n2ncc(C(=O)NNC(=O)Cc3ccc(Cl)cc3)c2C(F)(F)F)nn1. The number of hydrazine groups is 1. The van der Waals surface area contributed by atoms with Gasteiger partial charge in [-0.05, 0) is 23.8 Å². The maximum absolute atomic E-state index is 13.6. The molecule has 0 atom stereocenters. The van der Waals surface area contributed by atoms with E-state index in [0.717, 1.165) is 6.20 Å². The second-order valence-corrected chi connectivity index (χ2v) is 6.49. The molecular formula is C18H14ClF3N6O3. The summed E-state index contributed by atoms with van der Waals surface area (Å²) < 4.78 is 46.2. The fraction of sp³-hybridized carbons (Fsp3) is 0.167. The Balaban J connectivity index is 1.76. The van der Waals surface area contributed by atoms with E-state index in [1.54, 1.807) is 24.3 Å². The van der Waals surface area contributed by atoms with Crippen molar-refractivity contribution < 1.29 is 27.5 Å². The van der Waals surface area contributed by atoms with E-state index >= 15 is 0 Å². The van der Waals surface area contributed by atoms with Gasteiger partial charge in [-0.15, -0.1) is 10.2 Å². The minimum Gasteiger partial charge on any atom is -0.480 e. The van der Waals surface area contributed by atoms with Gasteiger partial charge in [-0.2, -0.15) is 18.3 Å². The minimum absolute atomic E-state index is 0.0887. The average molecular weight is 455 g/mol. The van der Waals surface area contributed by atoms with Crippen molar-refractivity contribution in [1.82, 2.24) is 30.8 Å². The van der Waals surface area contributed by atoms with Crippen molar-refractivity contribution in [1.29, 1.82) is 0 Å².